The van der Waals surface area contributed by atoms with E-state index in [9.17, 15) is 9.59 Å². The first-order valence-electron chi connectivity index (χ1n) is 4.59. The highest BCUT2D eigenvalue weighted by Crippen LogP contribution is 2.19. The van der Waals surface area contributed by atoms with Gasteiger partial charge in [0.15, 0.2) is 4.67 Å². The van der Waals surface area contributed by atoms with Crippen LogP contribution in [0.4, 0.5) is 0 Å². The molecule has 88 valence electrons. The normalized spacial score (nSPS) is 11.2. The molecule has 2 N–H and O–H groups in total. The smallest absolute Gasteiger partial charge is 0.305 e. The maximum Gasteiger partial charge on any atom is 0.305 e. The van der Waals surface area contributed by atoms with Gasteiger partial charge in [-0.3, -0.25) is 9.59 Å². The van der Waals surface area contributed by atoms with Gasteiger partial charge in [0.1, 0.15) is 0 Å². The molecule has 1 aromatic rings. The maximum atomic E-state index is 11.7. The standard InChI is InChI=1S/C10H12BrNO4/c1-10(2,5-7(13)14)12-9(15)6-3-4-16-8(6)11/h3-4H,5H2,1-2H3,(H,12,15)(H,13,14). The Bertz CT molecular complexity index is 411. The van der Waals surface area contributed by atoms with Crippen LogP contribution >= 0.6 is 15.9 Å². The topological polar surface area (TPSA) is 79.5 Å². The van der Waals surface area contributed by atoms with Crippen LogP contribution in [0.15, 0.2) is 21.4 Å². The highest BCUT2D eigenvalue weighted by molar-refractivity contribution is 9.10. The molecular formula is C10H12BrNO4. The molecule has 0 spiro atoms. The molecule has 16 heavy (non-hydrogen) atoms. The summed E-state index contributed by atoms with van der Waals surface area (Å²) in [4.78, 5) is 22.3. The summed E-state index contributed by atoms with van der Waals surface area (Å²) in [6.45, 7) is 3.29. The third-order valence-electron chi connectivity index (χ3n) is 1.91. The largest absolute Gasteiger partial charge is 0.481 e. The van der Waals surface area contributed by atoms with Crippen molar-refractivity contribution in [3.8, 4) is 0 Å². The number of aliphatic carboxylic acids is 1. The summed E-state index contributed by atoms with van der Waals surface area (Å²) in [5.41, 5.74) is -0.460. The number of carbonyl (C=O) groups is 2. The number of furan rings is 1. The summed E-state index contributed by atoms with van der Waals surface area (Å²) in [7, 11) is 0. The van der Waals surface area contributed by atoms with E-state index < -0.39 is 11.5 Å². The van der Waals surface area contributed by atoms with Crippen LogP contribution in [-0.2, 0) is 4.79 Å². The number of hydrogen-bond donors (Lipinski definition) is 2. The molecule has 0 fully saturated rings. The van der Waals surface area contributed by atoms with Gasteiger partial charge in [-0.25, -0.2) is 0 Å². The predicted molar refractivity (Wildman–Crippen MR) is 60.2 cm³/mol. The molecule has 1 rings (SSSR count). The van der Waals surface area contributed by atoms with E-state index in [4.69, 9.17) is 9.52 Å². The number of hydrogen-bond acceptors (Lipinski definition) is 3. The molecule has 1 heterocycles. The second-order valence-corrected chi connectivity index (χ2v) is 4.74. The Balaban J connectivity index is 2.71. The molecule has 6 heteroatoms. The minimum atomic E-state index is -0.962. The number of halogens is 1. The van der Waals surface area contributed by atoms with Crippen LogP contribution in [0.3, 0.4) is 0 Å². The lowest BCUT2D eigenvalue weighted by atomic mass is 10.0. The van der Waals surface area contributed by atoms with Gasteiger partial charge in [-0.1, -0.05) is 0 Å². The van der Waals surface area contributed by atoms with Crippen molar-refractivity contribution >= 4 is 27.8 Å². The van der Waals surface area contributed by atoms with Crippen LogP contribution < -0.4 is 5.32 Å². The van der Waals surface area contributed by atoms with E-state index in [-0.39, 0.29) is 12.3 Å². The summed E-state index contributed by atoms with van der Waals surface area (Å²) in [5, 5.41) is 11.3. The summed E-state index contributed by atoms with van der Waals surface area (Å²) >= 11 is 3.08. The Morgan fingerprint density at radius 3 is 2.62 bits per heavy atom. The molecule has 1 aromatic heterocycles. The van der Waals surface area contributed by atoms with Gasteiger partial charge in [-0.15, -0.1) is 0 Å². The molecule has 0 atom stereocenters. The molecule has 0 aliphatic heterocycles. The summed E-state index contributed by atoms with van der Waals surface area (Å²) in [5.74, 6) is -1.33. The molecular weight excluding hydrogens is 278 g/mol. The van der Waals surface area contributed by atoms with Gasteiger partial charge in [0, 0.05) is 5.54 Å². The Labute approximate surface area is 101 Å². The second-order valence-electron chi connectivity index (χ2n) is 4.02. The van der Waals surface area contributed by atoms with E-state index in [1.54, 1.807) is 13.8 Å². The molecule has 0 aromatic carbocycles. The molecule has 0 aliphatic carbocycles. The van der Waals surface area contributed by atoms with Crippen molar-refractivity contribution in [1.29, 1.82) is 0 Å². The van der Waals surface area contributed by atoms with Crippen LogP contribution in [0.2, 0.25) is 0 Å². The zero-order chi connectivity index (χ0) is 12.3. The van der Waals surface area contributed by atoms with Gasteiger partial charge in [-0.05, 0) is 35.8 Å². The van der Waals surface area contributed by atoms with Gasteiger partial charge in [0.05, 0.1) is 18.2 Å². The Morgan fingerprint density at radius 2 is 2.19 bits per heavy atom. The first-order chi connectivity index (χ1) is 7.32. The van der Waals surface area contributed by atoms with E-state index in [0.717, 1.165) is 0 Å². The van der Waals surface area contributed by atoms with Crippen LogP contribution in [0.1, 0.15) is 30.6 Å². The van der Waals surface area contributed by atoms with Crippen molar-refractivity contribution in [1.82, 2.24) is 5.32 Å². The third kappa shape index (κ3) is 3.37. The predicted octanol–water partition coefficient (Wildman–Crippen LogP) is 2.03. The van der Waals surface area contributed by atoms with Crippen molar-refractivity contribution in [2.24, 2.45) is 0 Å². The average Bonchev–Trinajstić information content (AvgIpc) is 2.47. The van der Waals surface area contributed by atoms with Gasteiger partial charge in [0.25, 0.3) is 5.91 Å². The molecule has 5 nitrogen and oxygen atoms in total. The van der Waals surface area contributed by atoms with Gasteiger partial charge < -0.3 is 14.8 Å². The van der Waals surface area contributed by atoms with Crippen LogP contribution in [0.25, 0.3) is 0 Å². The van der Waals surface area contributed by atoms with E-state index in [0.29, 0.717) is 10.2 Å². The maximum absolute atomic E-state index is 11.7. The van der Waals surface area contributed by atoms with Gasteiger partial charge >= 0.3 is 5.97 Å². The van der Waals surface area contributed by atoms with E-state index >= 15 is 0 Å². The number of rotatable bonds is 4. The number of amides is 1. The molecule has 0 aliphatic rings. The third-order valence-corrected chi connectivity index (χ3v) is 2.52. The fourth-order valence-electron chi connectivity index (χ4n) is 1.25. The number of carboxylic acids is 1. The Hall–Kier alpha value is -1.30. The molecule has 0 unspecified atom stereocenters. The zero-order valence-corrected chi connectivity index (χ0v) is 10.5. The summed E-state index contributed by atoms with van der Waals surface area (Å²) in [6.07, 6.45) is 1.23. The van der Waals surface area contributed by atoms with Crippen molar-refractivity contribution in [2.75, 3.05) is 0 Å². The molecule has 1 amide bonds. The fraction of sp³-hybridized carbons (Fsp3) is 0.400. The number of carbonyl (C=O) groups excluding carboxylic acids is 1. The highest BCUT2D eigenvalue weighted by Gasteiger charge is 2.25. The zero-order valence-electron chi connectivity index (χ0n) is 8.91. The van der Waals surface area contributed by atoms with Crippen molar-refractivity contribution < 1.29 is 19.1 Å². The van der Waals surface area contributed by atoms with Gasteiger partial charge in [0.2, 0.25) is 0 Å². The quantitative estimate of drug-likeness (QED) is 0.889. The molecule has 0 bridgehead atoms. The lowest BCUT2D eigenvalue weighted by Crippen LogP contribution is -2.44. The van der Waals surface area contributed by atoms with Gasteiger partial charge in [-0.2, -0.15) is 0 Å². The highest BCUT2D eigenvalue weighted by atomic mass is 79.9. The first-order valence-corrected chi connectivity index (χ1v) is 5.38. The molecule has 0 saturated heterocycles. The molecule has 0 saturated carbocycles. The fourth-order valence-corrected chi connectivity index (χ4v) is 1.67. The monoisotopic (exact) mass is 289 g/mol. The van der Waals surface area contributed by atoms with Crippen molar-refractivity contribution in [2.45, 2.75) is 25.8 Å². The van der Waals surface area contributed by atoms with E-state index in [1.165, 1.54) is 12.3 Å². The second kappa shape index (κ2) is 4.69. The Morgan fingerprint density at radius 1 is 1.56 bits per heavy atom. The lowest BCUT2D eigenvalue weighted by molar-refractivity contribution is -0.138. The summed E-state index contributed by atoms with van der Waals surface area (Å²) in [6, 6.07) is 1.51. The van der Waals surface area contributed by atoms with Crippen molar-refractivity contribution in [3.05, 3.63) is 22.6 Å². The van der Waals surface area contributed by atoms with Crippen LogP contribution in [-0.4, -0.2) is 22.5 Å². The van der Waals surface area contributed by atoms with E-state index in [2.05, 4.69) is 21.2 Å². The minimum Gasteiger partial charge on any atom is -0.481 e. The van der Waals surface area contributed by atoms with Crippen LogP contribution in [0, 0.1) is 0 Å². The first kappa shape index (κ1) is 12.8. The Kier molecular flexibility index (Phi) is 3.74. The average molecular weight is 290 g/mol. The SMILES string of the molecule is CC(C)(CC(=O)O)NC(=O)c1ccoc1Br. The van der Waals surface area contributed by atoms with Crippen molar-refractivity contribution in [3.63, 3.8) is 0 Å². The number of nitrogens with one attached hydrogen (secondary N) is 1. The summed E-state index contributed by atoms with van der Waals surface area (Å²) < 4.78 is 5.25. The lowest BCUT2D eigenvalue weighted by Gasteiger charge is -2.23. The number of carboxylic acid groups (broad SMARTS) is 1. The van der Waals surface area contributed by atoms with Crippen LogP contribution in [0.5, 0.6) is 0 Å². The molecule has 0 radical (unpaired) electrons. The van der Waals surface area contributed by atoms with E-state index in [1.807, 2.05) is 0 Å². The minimum absolute atomic E-state index is 0.145.